The molecule has 0 aromatic heterocycles. The predicted molar refractivity (Wildman–Crippen MR) is 69.5 cm³/mol. The fraction of sp³-hybridized carbons (Fsp3) is 0.364. The van der Waals surface area contributed by atoms with Gasteiger partial charge < -0.3 is 10.7 Å². The lowest BCUT2D eigenvalue weighted by molar-refractivity contribution is 0.0943. The summed E-state index contributed by atoms with van der Waals surface area (Å²) in [6.07, 6.45) is 1.91. The number of hydrogen-bond acceptors (Lipinski definition) is 4. The number of nitrogens with two attached hydrogens (primary N) is 1. The van der Waals surface area contributed by atoms with E-state index in [9.17, 15) is 13.6 Å². The summed E-state index contributed by atoms with van der Waals surface area (Å²) in [6.45, 7) is 1.82. The number of thioether (sulfide) groups is 1. The molecule has 1 amide bonds. The number of nitrogen functional groups attached to an aromatic ring is 1. The van der Waals surface area contributed by atoms with Crippen LogP contribution in [-0.2, 0) is 0 Å². The number of carbonyl (C=O) groups excluding carboxylic acids is 1. The van der Waals surface area contributed by atoms with Gasteiger partial charge in [0.05, 0.1) is 0 Å². The summed E-state index contributed by atoms with van der Waals surface area (Å²) < 4.78 is 26.8. The van der Waals surface area contributed by atoms with E-state index in [4.69, 9.17) is 5.84 Å². The van der Waals surface area contributed by atoms with Crippen LogP contribution >= 0.6 is 11.8 Å². The number of anilines is 1. The standard InChI is InChI=1S/C11H15F2N3OS/c1-6(5-18-2)15-11(17)7-3-8(12)10(16-14)9(13)4-7/h3-4,6,16H,5,14H2,1-2H3,(H,15,17). The second-order valence-corrected chi connectivity index (χ2v) is 4.70. The van der Waals surface area contributed by atoms with Crippen LogP contribution in [0.15, 0.2) is 12.1 Å². The van der Waals surface area contributed by atoms with Crippen LogP contribution in [0.2, 0.25) is 0 Å². The number of hydrazine groups is 1. The summed E-state index contributed by atoms with van der Waals surface area (Å²) in [6, 6.07) is 1.81. The number of carbonyl (C=O) groups is 1. The molecule has 1 unspecified atom stereocenters. The SMILES string of the molecule is CSCC(C)NC(=O)c1cc(F)c(NN)c(F)c1. The average Bonchev–Trinajstić information content (AvgIpc) is 2.28. The van der Waals surface area contributed by atoms with Crippen molar-refractivity contribution < 1.29 is 13.6 Å². The van der Waals surface area contributed by atoms with Gasteiger partial charge in [0, 0.05) is 17.4 Å². The van der Waals surface area contributed by atoms with Gasteiger partial charge in [-0.1, -0.05) is 0 Å². The number of rotatable bonds is 5. The Bertz CT molecular complexity index is 419. The Morgan fingerprint density at radius 3 is 2.44 bits per heavy atom. The molecule has 0 saturated heterocycles. The highest BCUT2D eigenvalue weighted by molar-refractivity contribution is 7.98. The van der Waals surface area contributed by atoms with Gasteiger partial charge in [-0.25, -0.2) is 8.78 Å². The van der Waals surface area contributed by atoms with E-state index in [0.29, 0.717) is 0 Å². The molecular weight excluding hydrogens is 260 g/mol. The largest absolute Gasteiger partial charge is 0.349 e. The van der Waals surface area contributed by atoms with E-state index in [0.717, 1.165) is 17.9 Å². The van der Waals surface area contributed by atoms with Crippen molar-refractivity contribution in [2.45, 2.75) is 13.0 Å². The van der Waals surface area contributed by atoms with E-state index >= 15 is 0 Å². The molecule has 1 atom stereocenters. The minimum absolute atomic E-state index is 0.0723. The molecule has 1 aromatic rings. The third-order valence-electron chi connectivity index (χ3n) is 2.24. The number of hydrogen-bond donors (Lipinski definition) is 3. The second-order valence-electron chi connectivity index (χ2n) is 3.79. The lowest BCUT2D eigenvalue weighted by Crippen LogP contribution is -2.34. The highest BCUT2D eigenvalue weighted by atomic mass is 32.2. The normalized spacial score (nSPS) is 12.1. The maximum atomic E-state index is 13.4. The van der Waals surface area contributed by atoms with Crippen molar-refractivity contribution in [1.82, 2.24) is 5.32 Å². The van der Waals surface area contributed by atoms with Gasteiger partial charge in [0.15, 0.2) is 11.6 Å². The number of benzene rings is 1. The molecule has 4 N–H and O–H groups in total. The molecule has 0 heterocycles. The summed E-state index contributed by atoms with van der Waals surface area (Å²) in [7, 11) is 0. The van der Waals surface area contributed by atoms with E-state index in [-0.39, 0.29) is 11.6 Å². The highest BCUT2D eigenvalue weighted by Crippen LogP contribution is 2.19. The maximum absolute atomic E-state index is 13.4. The first-order valence-corrected chi connectivity index (χ1v) is 6.64. The predicted octanol–water partition coefficient (Wildman–Crippen LogP) is 1.73. The van der Waals surface area contributed by atoms with E-state index < -0.39 is 23.2 Å². The van der Waals surface area contributed by atoms with Gasteiger partial charge in [0.25, 0.3) is 5.91 Å². The van der Waals surface area contributed by atoms with E-state index in [2.05, 4.69) is 5.32 Å². The third kappa shape index (κ3) is 3.58. The fourth-order valence-corrected chi connectivity index (χ4v) is 2.02. The quantitative estimate of drug-likeness (QED) is 0.565. The van der Waals surface area contributed by atoms with Crippen LogP contribution in [-0.4, -0.2) is 24.0 Å². The third-order valence-corrected chi connectivity index (χ3v) is 3.08. The zero-order valence-corrected chi connectivity index (χ0v) is 10.9. The first kappa shape index (κ1) is 14.7. The van der Waals surface area contributed by atoms with Crippen molar-refractivity contribution >= 4 is 23.4 Å². The van der Waals surface area contributed by atoms with Crippen molar-refractivity contribution in [3.63, 3.8) is 0 Å². The van der Waals surface area contributed by atoms with Crippen LogP contribution in [0.3, 0.4) is 0 Å². The lowest BCUT2D eigenvalue weighted by atomic mass is 10.1. The van der Waals surface area contributed by atoms with Crippen molar-refractivity contribution in [3.8, 4) is 0 Å². The summed E-state index contributed by atoms with van der Waals surface area (Å²) in [5.74, 6) is 3.36. The molecule has 0 fully saturated rings. The fourth-order valence-electron chi connectivity index (χ4n) is 1.44. The Labute approximate surface area is 108 Å². The van der Waals surface area contributed by atoms with Gasteiger partial charge in [-0.2, -0.15) is 11.8 Å². The monoisotopic (exact) mass is 275 g/mol. The highest BCUT2D eigenvalue weighted by Gasteiger charge is 2.15. The first-order valence-electron chi connectivity index (χ1n) is 5.25. The molecule has 1 aromatic carbocycles. The Balaban J connectivity index is 2.87. The van der Waals surface area contributed by atoms with Gasteiger partial charge in [-0.05, 0) is 25.3 Å². The molecule has 0 aliphatic carbocycles. The van der Waals surface area contributed by atoms with Crippen LogP contribution in [0.1, 0.15) is 17.3 Å². The maximum Gasteiger partial charge on any atom is 0.251 e. The molecule has 7 heteroatoms. The molecule has 1 rings (SSSR count). The molecule has 0 bridgehead atoms. The first-order chi connectivity index (χ1) is 8.49. The van der Waals surface area contributed by atoms with E-state index in [1.165, 1.54) is 0 Å². The van der Waals surface area contributed by atoms with Crippen LogP contribution in [0.4, 0.5) is 14.5 Å². The lowest BCUT2D eigenvalue weighted by Gasteiger charge is -2.13. The van der Waals surface area contributed by atoms with Gasteiger partial charge >= 0.3 is 0 Å². The summed E-state index contributed by atoms with van der Waals surface area (Å²) in [5, 5.41) is 2.64. The Hall–Kier alpha value is -1.34. The van der Waals surface area contributed by atoms with Gasteiger partial charge in [-0.15, -0.1) is 0 Å². The Kier molecular flexibility index (Phi) is 5.36. The van der Waals surface area contributed by atoms with Crippen LogP contribution in [0.5, 0.6) is 0 Å². The van der Waals surface area contributed by atoms with E-state index in [1.807, 2.05) is 18.6 Å². The zero-order chi connectivity index (χ0) is 13.7. The molecule has 4 nitrogen and oxygen atoms in total. The van der Waals surface area contributed by atoms with Crippen LogP contribution < -0.4 is 16.6 Å². The van der Waals surface area contributed by atoms with Gasteiger partial charge in [0.2, 0.25) is 0 Å². The molecule has 0 aliphatic rings. The summed E-state index contributed by atoms with van der Waals surface area (Å²) in [5.41, 5.74) is 1.38. The minimum atomic E-state index is -0.903. The summed E-state index contributed by atoms with van der Waals surface area (Å²) in [4.78, 5) is 11.7. The number of nitrogens with one attached hydrogen (secondary N) is 2. The topological polar surface area (TPSA) is 67.2 Å². The van der Waals surface area contributed by atoms with Crippen molar-refractivity contribution in [2.75, 3.05) is 17.4 Å². The van der Waals surface area contributed by atoms with Gasteiger partial charge in [-0.3, -0.25) is 10.6 Å². The summed E-state index contributed by atoms with van der Waals surface area (Å²) >= 11 is 1.57. The van der Waals surface area contributed by atoms with Crippen molar-refractivity contribution in [1.29, 1.82) is 0 Å². The Morgan fingerprint density at radius 1 is 1.44 bits per heavy atom. The van der Waals surface area contributed by atoms with E-state index in [1.54, 1.807) is 11.8 Å². The minimum Gasteiger partial charge on any atom is -0.349 e. The molecule has 0 saturated carbocycles. The second kappa shape index (κ2) is 6.55. The molecule has 18 heavy (non-hydrogen) atoms. The van der Waals surface area contributed by atoms with Gasteiger partial charge in [0.1, 0.15) is 5.69 Å². The molecule has 100 valence electrons. The molecule has 0 spiro atoms. The Morgan fingerprint density at radius 2 is 2.00 bits per heavy atom. The molecular formula is C11H15F2N3OS. The molecule has 0 radical (unpaired) electrons. The van der Waals surface area contributed by atoms with Crippen LogP contribution in [0, 0.1) is 11.6 Å². The zero-order valence-electron chi connectivity index (χ0n) is 10.1. The number of halogens is 2. The molecule has 0 aliphatic heterocycles. The van der Waals surface area contributed by atoms with Crippen LogP contribution in [0.25, 0.3) is 0 Å². The number of amides is 1. The average molecular weight is 275 g/mol. The smallest absolute Gasteiger partial charge is 0.251 e. The van der Waals surface area contributed by atoms with Crippen molar-refractivity contribution in [2.24, 2.45) is 5.84 Å². The van der Waals surface area contributed by atoms with Crippen molar-refractivity contribution in [3.05, 3.63) is 29.3 Å².